The molecule has 0 amide bonds. The maximum Gasteiger partial charge on any atom is 0.191 e. The van der Waals surface area contributed by atoms with Gasteiger partial charge in [0.05, 0.1) is 0 Å². The maximum absolute atomic E-state index is 6.06. The van der Waals surface area contributed by atoms with Crippen molar-refractivity contribution in [3.8, 4) is 0 Å². The van der Waals surface area contributed by atoms with E-state index >= 15 is 0 Å². The number of aromatic nitrogens is 1. The molecular weight excluding hydrogens is 308 g/mol. The highest BCUT2D eigenvalue weighted by atomic mass is 35.5. The highest BCUT2D eigenvalue weighted by Crippen LogP contribution is 2.41. The van der Waals surface area contributed by atoms with Crippen LogP contribution in [0.3, 0.4) is 0 Å². The summed E-state index contributed by atoms with van der Waals surface area (Å²) < 4.78 is 0. The fourth-order valence-electron chi connectivity index (χ4n) is 2.69. The van der Waals surface area contributed by atoms with Crippen molar-refractivity contribution in [1.82, 2.24) is 15.6 Å². The topological polar surface area (TPSA) is 49.3 Å². The van der Waals surface area contributed by atoms with Gasteiger partial charge in [-0.05, 0) is 36.2 Å². The summed E-state index contributed by atoms with van der Waals surface area (Å²) in [6.07, 6.45) is 3.81. The summed E-state index contributed by atoms with van der Waals surface area (Å²) in [6, 6.07) is 14.5. The number of aliphatic imine (C=N–C) groups is 1. The van der Waals surface area contributed by atoms with Gasteiger partial charge in [-0.25, -0.2) is 0 Å². The van der Waals surface area contributed by atoms with E-state index in [2.05, 4.69) is 26.7 Å². The molecule has 2 aromatic rings. The molecule has 1 fully saturated rings. The number of benzene rings is 1. The van der Waals surface area contributed by atoms with Gasteiger partial charge in [-0.3, -0.25) is 9.98 Å². The summed E-state index contributed by atoms with van der Waals surface area (Å²) in [6.45, 7) is 0.811. The first-order valence-electron chi connectivity index (χ1n) is 7.89. The highest BCUT2D eigenvalue weighted by Gasteiger charge is 2.39. The fourth-order valence-corrected chi connectivity index (χ4v) is 2.88. The summed E-state index contributed by atoms with van der Waals surface area (Å²) >= 11 is 6.06. The Hall–Kier alpha value is -2.07. The average Bonchev–Trinajstić information content (AvgIpc) is 3.34. The normalized spacial score (nSPS) is 20.2. The van der Waals surface area contributed by atoms with Crippen LogP contribution >= 0.6 is 11.6 Å². The van der Waals surface area contributed by atoms with E-state index in [0.717, 1.165) is 36.1 Å². The Morgan fingerprint density at radius 1 is 1.30 bits per heavy atom. The molecule has 2 atom stereocenters. The van der Waals surface area contributed by atoms with Gasteiger partial charge in [0.2, 0.25) is 0 Å². The predicted molar refractivity (Wildman–Crippen MR) is 95.0 cm³/mol. The summed E-state index contributed by atoms with van der Waals surface area (Å²) in [5.74, 6) is 1.36. The second-order valence-corrected chi connectivity index (χ2v) is 6.15. The zero-order valence-corrected chi connectivity index (χ0v) is 13.9. The Morgan fingerprint density at radius 2 is 2.22 bits per heavy atom. The Kier molecular flexibility index (Phi) is 5.13. The molecule has 1 aliphatic rings. The van der Waals surface area contributed by atoms with E-state index in [9.17, 15) is 0 Å². The Balaban J connectivity index is 1.46. The van der Waals surface area contributed by atoms with Crippen LogP contribution in [0, 0.1) is 0 Å². The van der Waals surface area contributed by atoms with Crippen LogP contribution in [0.1, 0.15) is 23.6 Å². The van der Waals surface area contributed by atoms with Crippen LogP contribution in [0.4, 0.5) is 0 Å². The summed E-state index contributed by atoms with van der Waals surface area (Å²) in [5, 5.41) is 7.61. The second kappa shape index (κ2) is 7.47. The smallest absolute Gasteiger partial charge is 0.191 e. The molecule has 1 saturated carbocycles. The van der Waals surface area contributed by atoms with E-state index in [-0.39, 0.29) is 0 Å². The Bertz CT molecular complexity index is 672. The van der Waals surface area contributed by atoms with Gasteiger partial charge in [-0.1, -0.05) is 29.8 Å². The minimum Gasteiger partial charge on any atom is -0.356 e. The van der Waals surface area contributed by atoms with Gasteiger partial charge in [0.15, 0.2) is 5.96 Å². The van der Waals surface area contributed by atoms with Gasteiger partial charge in [-0.15, -0.1) is 0 Å². The lowest BCUT2D eigenvalue weighted by molar-refractivity contribution is 0.772. The molecule has 120 valence electrons. The molecule has 23 heavy (non-hydrogen) atoms. The van der Waals surface area contributed by atoms with E-state index in [1.807, 2.05) is 42.6 Å². The predicted octanol–water partition coefficient (Wildman–Crippen LogP) is 3.00. The first-order chi connectivity index (χ1) is 11.3. The van der Waals surface area contributed by atoms with Gasteiger partial charge in [0.1, 0.15) is 0 Å². The van der Waals surface area contributed by atoms with Crippen molar-refractivity contribution in [3.05, 3.63) is 64.9 Å². The average molecular weight is 329 g/mol. The number of nitrogens with one attached hydrogen (secondary N) is 2. The van der Waals surface area contributed by atoms with E-state index in [4.69, 9.17) is 11.6 Å². The van der Waals surface area contributed by atoms with Crippen molar-refractivity contribution < 1.29 is 0 Å². The minimum atomic E-state index is 0.425. The maximum atomic E-state index is 6.06. The molecule has 1 aromatic heterocycles. The van der Waals surface area contributed by atoms with E-state index in [0.29, 0.717) is 12.0 Å². The fraction of sp³-hybridized carbons (Fsp3) is 0.333. The van der Waals surface area contributed by atoms with Crippen molar-refractivity contribution in [3.63, 3.8) is 0 Å². The third-order valence-corrected chi connectivity index (χ3v) is 4.25. The molecule has 5 heteroatoms. The number of pyridine rings is 1. The number of hydrogen-bond donors (Lipinski definition) is 2. The Morgan fingerprint density at radius 3 is 2.96 bits per heavy atom. The number of rotatable bonds is 5. The zero-order chi connectivity index (χ0) is 16.1. The summed E-state index contributed by atoms with van der Waals surface area (Å²) in [4.78, 5) is 8.61. The van der Waals surface area contributed by atoms with Crippen molar-refractivity contribution in [2.24, 2.45) is 4.99 Å². The van der Waals surface area contributed by atoms with Crippen molar-refractivity contribution in [1.29, 1.82) is 0 Å². The molecule has 0 bridgehead atoms. The molecule has 4 nitrogen and oxygen atoms in total. The lowest BCUT2D eigenvalue weighted by atomic mass is 10.1. The largest absolute Gasteiger partial charge is 0.356 e. The quantitative estimate of drug-likeness (QED) is 0.655. The third-order valence-electron chi connectivity index (χ3n) is 4.01. The second-order valence-electron chi connectivity index (χ2n) is 5.72. The van der Waals surface area contributed by atoms with Crippen molar-refractivity contribution in [2.75, 3.05) is 13.6 Å². The minimum absolute atomic E-state index is 0.425. The molecule has 0 spiro atoms. The molecule has 3 rings (SSSR count). The van der Waals surface area contributed by atoms with Crippen LogP contribution in [-0.4, -0.2) is 30.6 Å². The summed E-state index contributed by atoms with van der Waals surface area (Å²) in [5.41, 5.74) is 2.37. The molecule has 2 N–H and O–H groups in total. The standard InChI is InChI=1S/C18H21ClN4/c1-20-18(22-10-8-15-7-2-3-9-21-15)23-17-12-16(17)13-5-4-6-14(19)11-13/h2-7,9,11,16-17H,8,10,12H2,1H3,(H2,20,22,23). The molecule has 0 radical (unpaired) electrons. The molecule has 1 aliphatic carbocycles. The van der Waals surface area contributed by atoms with E-state index in [1.165, 1.54) is 5.56 Å². The highest BCUT2D eigenvalue weighted by molar-refractivity contribution is 6.30. The molecule has 2 unspecified atom stereocenters. The van der Waals surface area contributed by atoms with Crippen LogP contribution in [0.15, 0.2) is 53.7 Å². The van der Waals surface area contributed by atoms with Gasteiger partial charge < -0.3 is 10.6 Å². The first-order valence-corrected chi connectivity index (χ1v) is 8.26. The van der Waals surface area contributed by atoms with E-state index in [1.54, 1.807) is 7.05 Å². The molecule has 1 heterocycles. The van der Waals surface area contributed by atoms with Gasteiger partial charge in [-0.2, -0.15) is 0 Å². The zero-order valence-electron chi connectivity index (χ0n) is 13.2. The number of guanidine groups is 1. The van der Waals surface area contributed by atoms with Crippen LogP contribution in [0.2, 0.25) is 5.02 Å². The first kappa shape index (κ1) is 15.8. The number of nitrogens with zero attached hydrogens (tertiary/aromatic N) is 2. The molecular formula is C18H21ClN4. The summed E-state index contributed by atoms with van der Waals surface area (Å²) in [7, 11) is 1.80. The Labute approximate surface area is 142 Å². The SMILES string of the molecule is CN=C(NCCc1ccccn1)NC1CC1c1cccc(Cl)c1. The van der Waals surface area contributed by atoms with Crippen LogP contribution in [-0.2, 0) is 6.42 Å². The monoisotopic (exact) mass is 328 g/mol. The third kappa shape index (κ3) is 4.45. The van der Waals surface area contributed by atoms with Gasteiger partial charge in [0.25, 0.3) is 0 Å². The molecule has 1 aromatic carbocycles. The van der Waals surface area contributed by atoms with Gasteiger partial charge in [0, 0.05) is 48.9 Å². The van der Waals surface area contributed by atoms with Gasteiger partial charge >= 0.3 is 0 Å². The van der Waals surface area contributed by atoms with E-state index < -0.39 is 0 Å². The van der Waals surface area contributed by atoms with Crippen LogP contribution in [0.5, 0.6) is 0 Å². The number of halogens is 1. The van der Waals surface area contributed by atoms with Crippen molar-refractivity contribution in [2.45, 2.75) is 24.8 Å². The van der Waals surface area contributed by atoms with Crippen molar-refractivity contribution >= 4 is 17.6 Å². The van der Waals surface area contributed by atoms with Crippen LogP contribution in [0.25, 0.3) is 0 Å². The van der Waals surface area contributed by atoms with Crippen LogP contribution < -0.4 is 10.6 Å². The lowest BCUT2D eigenvalue weighted by Gasteiger charge is -2.11. The lowest BCUT2D eigenvalue weighted by Crippen LogP contribution is -2.40. The number of hydrogen-bond acceptors (Lipinski definition) is 2. The molecule has 0 aliphatic heterocycles. The molecule has 0 saturated heterocycles.